The SMILES string of the molecule is CCOC(=O)/C=C1/O[C@]23CCC[C@@]2(C)CCC[C@H]13. The second-order valence-corrected chi connectivity index (χ2v) is 6.15. The van der Waals surface area contributed by atoms with Gasteiger partial charge in [0.2, 0.25) is 0 Å². The second kappa shape index (κ2) is 4.01. The molecule has 0 N–H and O–H groups in total. The van der Waals surface area contributed by atoms with Crippen LogP contribution >= 0.6 is 0 Å². The molecule has 18 heavy (non-hydrogen) atoms. The maximum absolute atomic E-state index is 11.5. The van der Waals surface area contributed by atoms with Gasteiger partial charge >= 0.3 is 5.97 Å². The molecule has 3 atom stereocenters. The third kappa shape index (κ3) is 1.45. The number of ether oxygens (including phenoxy) is 2. The van der Waals surface area contributed by atoms with Crippen molar-refractivity contribution in [1.82, 2.24) is 0 Å². The van der Waals surface area contributed by atoms with E-state index in [4.69, 9.17) is 9.47 Å². The van der Waals surface area contributed by atoms with Crippen molar-refractivity contribution < 1.29 is 14.3 Å². The van der Waals surface area contributed by atoms with E-state index >= 15 is 0 Å². The number of esters is 1. The standard InChI is InChI=1S/C15H22O3/c1-3-17-13(16)10-12-11-6-4-7-14(2)8-5-9-15(11,14)18-12/h10-11H,3-9H2,1-2H3/b12-10+/t11-,14-,15+/m1/s1. The minimum atomic E-state index is -0.257. The van der Waals surface area contributed by atoms with Gasteiger partial charge in [-0.1, -0.05) is 13.3 Å². The highest BCUT2D eigenvalue weighted by Crippen LogP contribution is 2.66. The van der Waals surface area contributed by atoms with E-state index in [0.29, 0.717) is 17.9 Å². The van der Waals surface area contributed by atoms with Gasteiger partial charge in [-0.25, -0.2) is 4.79 Å². The first-order valence-electron chi connectivity index (χ1n) is 7.19. The first kappa shape index (κ1) is 12.1. The summed E-state index contributed by atoms with van der Waals surface area (Å²) in [4.78, 5) is 11.5. The molecule has 2 saturated carbocycles. The van der Waals surface area contributed by atoms with Crippen LogP contribution in [-0.4, -0.2) is 18.2 Å². The summed E-state index contributed by atoms with van der Waals surface area (Å²) in [5, 5.41) is 0. The summed E-state index contributed by atoms with van der Waals surface area (Å²) in [6.45, 7) is 4.62. The van der Waals surface area contributed by atoms with Crippen LogP contribution < -0.4 is 0 Å². The van der Waals surface area contributed by atoms with Crippen molar-refractivity contribution in [3.8, 4) is 0 Å². The zero-order valence-electron chi connectivity index (χ0n) is 11.3. The Kier molecular flexibility index (Phi) is 2.68. The average Bonchev–Trinajstić information content (AvgIpc) is 2.65. The Bertz CT molecular complexity index is 401. The Morgan fingerprint density at radius 1 is 1.44 bits per heavy atom. The lowest BCUT2D eigenvalue weighted by molar-refractivity contribution is -0.220. The van der Waals surface area contributed by atoms with E-state index in [9.17, 15) is 4.79 Å². The van der Waals surface area contributed by atoms with Gasteiger partial charge in [0.1, 0.15) is 11.4 Å². The quantitative estimate of drug-likeness (QED) is 0.557. The summed E-state index contributed by atoms with van der Waals surface area (Å²) in [6, 6.07) is 0. The maximum atomic E-state index is 11.5. The Morgan fingerprint density at radius 3 is 3.00 bits per heavy atom. The summed E-state index contributed by atoms with van der Waals surface area (Å²) in [5.74, 6) is 1.08. The van der Waals surface area contributed by atoms with E-state index in [1.165, 1.54) is 32.1 Å². The molecular weight excluding hydrogens is 228 g/mol. The van der Waals surface area contributed by atoms with Crippen LogP contribution in [0.15, 0.2) is 11.8 Å². The number of rotatable bonds is 2. The Balaban J connectivity index is 1.80. The highest BCUT2D eigenvalue weighted by molar-refractivity contribution is 5.82. The predicted molar refractivity (Wildman–Crippen MR) is 67.8 cm³/mol. The third-order valence-corrected chi connectivity index (χ3v) is 5.27. The van der Waals surface area contributed by atoms with E-state index < -0.39 is 0 Å². The molecule has 1 aliphatic heterocycles. The van der Waals surface area contributed by atoms with Gasteiger partial charge in [0, 0.05) is 5.41 Å². The van der Waals surface area contributed by atoms with Crippen molar-refractivity contribution in [2.75, 3.05) is 6.61 Å². The van der Waals surface area contributed by atoms with Crippen molar-refractivity contribution in [3.05, 3.63) is 11.8 Å². The molecule has 1 spiro atoms. The van der Waals surface area contributed by atoms with E-state index in [0.717, 1.165) is 12.2 Å². The lowest BCUT2D eigenvalue weighted by Gasteiger charge is -2.60. The second-order valence-electron chi connectivity index (χ2n) is 6.15. The Hall–Kier alpha value is -0.990. The van der Waals surface area contributed by atoms with Crippen LogP contribution in [0.25, 0.3) is 0 Å². The average molecular weight is 250 g/mol. The number of hydrogen-bond acceptors (Lipinski definition) is 3. The van der Waals surface area contributed by atoms with Crippen LogP contribution in [0.4, 0.5) is 0 Å². The number of carbonyl (C=O) groups excluding carboxylic acids is 1. The smallest absolute Gasteiger partial charge is 0.334 e. The van der Waals surface area contributed by atoms with Crippen molar-refractivity contribution in [2.24, 2.45) is 11.3 Å². The van der Waals surface area contributed by atoms with Crippen LogP contribution in [0.3, 0.4) is 0 Å². The lowest BCUT2D eigenvalue weighted by atomic mass is 9.57. The number of carbonyl (C=O) groups is 1. The van der Waals surface area contributed by atoms with Gasteiger partial charge in [-0.05, 0) is 39.0 Å². The van der Waals surface area contributed by atoms with Crippen molar-refractivity contribution in [1.29, 1.82) is 0 Å². The van der Waals surface area contributed by atoms with Crippen LogP contribution in [0.5, 0.6) is 0 Å². The Morgan fingerprint density at radius 2 is 2.22 bits per heavy atom. The van der Waals surface area contributed by atoms with Crippen LogP contribution in [0, 0.1) is 11.3 Å². The minimum Gasteiger partial charge on any atom is -0.490 e. The minimum absolute atomic E-state index is 0.0452. The first-order valence-corrected chi connectivity index (χ1v) is 7.19. The predicted octanol–water partition coefficient (Wildman–Crippen LogP) is 3.19. The molecule has 1 heterocycles. The summed E-state index contributed by atoms with van der Waals surface area (Å²) >= 11 is 0. The monoisotopic (exact) mass is 250 g/mol. The number of hydrogen-bond donors (Lipinski definition) is 0. The van der Waals surface area contributed by atoms with Crippen molar-refractivity contribution in [2.45, 2.75) is 58.0 Å². The van der Waals surface area contributed by atoms with Gasteiger partial charge in [0.05, 0.1) is 18.6 Å². The summed E-state index contributed by atoms with van der Waals surface area (Å²) in [6.07, 6.45) is 8.97. The fourth-order valence-electron chi connectivity index (χ4n) is 4.39. The molecule has 0 bridgehead atoms. The van der Waals surface area contributed by atoms with E-state index in [-0.39, 0.29) is 11.6 Å². The normalized spacial score (nSPS) is 43.7. The van der Waals surface area contributed by atoms with E-state index in [1.807, 2.05) is 6.92 Å². The fourth-order valence-corrected chi connectivity index (χ4v) is 4.39. The lowest BCUT2D eigenvalue weighted by Crippen LogP contribution is -2.61. The summed E-state index contributed by atoms with van der Waals surface area (Å²) in [7, 11) is 0. The van der Waals surface area contributed by atoms with E-state index in [1.54, 1.807) is 6.08 Å². The molecule has 3 nitrogen and oxygen atoms in total. The fraction of sp³-hybridized carbons (Fsp3) is 0.800. The molecule has 0 radical (unpaired) electrons. The first-order chi connectivity index (χ1) is 8.61. The van der Waals surface area contributed by atoms with Gasteiger partial charge in [0.25, 0.3) is 0 Å². The summed E-state index contributed by atoms with van der Waals surface area (Å²) < 4.78 is 11.1. The van der Waals surface area contributed by atoms with E-state index in [2.05, 4.69) is 6.92 Å². The zero-order chi connectivity index (χ0) is 12.8. The highest BCUT2D eigenvalue weighted by atomic mass is 16.5. The van der Waals surface area contributed by atoms with Crippen LogP contribution in [-0.2, 0) is 14.3 Å². The molecule has 3 heteroatoms. The molecule has 1 saturated heterocycles. The van der Waals surface area contributed by atoms with Gasteiger partial charge in [-0.3, -0.25) is 0 Å². The van der Waals surface area contributed by atoms with Gasteiger partial charge < -0.3 is 9.47 Å². The van der Waals surface area contributed by atoms with Gasteiger partial charge in [-0.2, -0.15) is 0 Å². The van der Waals surface area contributed by atoms with Crippen LogP contribution in [0.1, 0.15) is 52.4 Å². The molecule has 100 valence electrons. The molecule has 0 unspecified atom stereocenters. The van der Waals surface area contributed by atoms with Crippen molar-refractivity contribution >= 4 is 5.97 Å². The van der Waals surface area contributed by atoms with Crippen LogP contribution in [0.2, 0.25) is 0 Å². The molecule has 2 aliphatic carbocycles. The Labute approximate surface area is 109 Å². The third-order valence-electron chi connectivity index (χ3n) is 5.27. The molecule has 0 amide bonds. The molecule has 3 aliphatic rings. The van der Waals surface area contributed by atoms with Gasteiger partial charge in [-0.15, -0.1) is 0 Å². The topological polar surface area (TPSA) is 35.5 Å². The zero-order valence-corrected chi connectivity index (χ0v) is 11.3. The van der Waals surface area contributed by atoms with Crippen molar-refractivity contribution in [3.63, 3.8) is 0 Å². The largest absolute Gasteiger partial charge is 0.490 e. The highest BCUT2D eigenvalue weighted by Gasteiger charge is 2.66. The molecule has 3 rings (SSSR count). The molecular formula is C15H22O3. The molecule has 0 aromatic heterocycles. The molecule has 0 aromatic rings. The maximum Gasteiger partial charge on any atom is 0.334 e. The molecule has 0 aromatic carbocycles. The van der Waals surface area contributed by atoms with Gasteiger partial charge in [0.15, 0.2) is 0 Å². The summed E-state index contributed by atoms with van der Waals surface area (Å²) in [5.41, 5.74) is 0.380. The molecule has 3 fully saturated rings.